The molecule has 14 rings (SSSR count). The van der Waals surface area contributed by atoms with Crippen LogP contribution >= 0.6 is 0 Å². The maximum absolute atomic E-state index is 2.56. The number of para-hydroxylation sites is 2. The molecule has 11 aromatic rings. The van der Waals surface area contributed by atoms with Crippen molar-refractivity contribution in [1.29, 1.82) is 0 Å². The van der Waals surface area contributed by atoms with Crippen molar-refractivity contribution in [3.63, 3.8) is 0 Å². The van der Waals surface area contributed by atoms with Gasteiger partial charge in [-0.1, -0.05) is 172 Å². The van der Waals surface area contributed by atoms with Gasteiger partial charge in [0, 0.05) is 38.9 Å². The third kappa shape index (κ3) is 4.49. The van der Waals surface area contributed by atoms with Crippen molar-refractivity contribution in [2.75, 3.05) is 4.90 Å². The first kappa shape index (κ1) is 35.6. The fraction of sp³-hybridized carbons (Fsp3) is 0.0645. The fourth-order valence-corrected chi connectivity index (χ4v) is 12.3. The molecule has 3 aliphatic carbocycles. The van der Waals surface area contributed by atoms with E-state index in [9.17, 15) is 0 Å². The highest BCUT2D eigenvalue weighted by Crippen LogP contribution is 2.63. The fourth-order valence-electron chi connectivity index (χ4n) is 12.3. The van der Waals surface area contributed by atoms with Gasteiger partial charge in [0.1, 0.15) is 0 Å². The number of fused-ring (bicyclic) bond motifs is 10. The second-order valence-electron chi connectivity index (χ2n) is 18.4. The number of hydrogen-bond acceptors (Lipinski definition) is 1. The second kappa shape index (κ2) is 12.8. The average Bonchev–Trinajstić information content (AvgIpc) is 3.93. The highest BCUT2D eigenvalue weighted by Gasteiger charge is 2.50. The quantitative estimate of drug-likeness (QED) is 0.168. The van der Waals surface area contributed by atoms with Gasteiger partial charge in [-0.25, -0.2) is 0 Å². The summed E-state index contributed by atoms with van der Waals surface area (Å²) in [5.74, 6) is 0. The minimum Gasteiger partial charge on any atom is -0.311 e. The Kier molecular flexibility index (Phi) is 7.13. The van der Waals surface area contributed by atoms with E-state index in [1.54, 1.807) is 0 Å². The lowest BCUT2D eigenvalue weighted by Gasteiger charge is -2.38. The Hall–Kier alpha value is -7.94. The molecule has 64 heavy (non-hydrogen) atoms. The monoisotopic (exact) mass is 814 g/mol. The maximum Gasteiger partial charge on any atom is 0.0726 e. The lowest BCUT2D eigenvalue weighted by Crippen LogP contribution is -2.30. The van der Waals surface area contributed by atoms with Crippen molar-refractivity contribution < 1.29 is 0 Å². The lowest BCUT2D eigenvalue weighted by atomic mass is 9.63. The largest absolute Gasteiger partial charge is 0.311 e. The number of hydrogen-bond donors (Lipinski definition) is 0. The Balaban J connectivity index is 1.05. The zero-order valence-electron chi connectivity index (χ0n) is 35.7. The minimum atomic E-state index is -0.492. The SMILES string of the molecule is CC1(C)c2ccccc2-c2ccc(-n3c4cccc5c4c4c6c(ccc(-c7ccc(N(c8ccccc8)c8ccccc8)cc7)c6ccc43)C53c4ccccc4-c4ccccc43)cc21. The molecule has 10 aromatic carbocycles. The van der Waals surface area contributed by atoms with Crippen molar-refractivity contribution in [2.45, 2.75) is 24.7 Å². The zero-order chi connectivity index (χ0) is 42.3. The molecule has 0 amide bonds. The molecule has 0 radical (unpaired) electrons. The van der Waals surface area contributed by atoms with Crippen LogP contribution in [0, 0.1) is 0 Å². The average molecular weight is 815 g/mol. The van der Waals surface area contributed by atoms with E-state index in [2.05, 4.69) is 242 Å². The Morgan fingerprint density at radius 3 is 1.53 bits per heavy atom. The van der Waals surface area contributed by atoms with Crippen LogP contribution < -0.4 is 4.90 Å². The molecular formula is C62H42N2. The van der Waals surface area contributed by atoms with Gasteiger partial charge < -0.3 is 9.47 Å². The van der Waals surface area contributed by atoms with Crippen molar-refractivity contribution in [1.82, 2.24) is 4.57 Å². The Morgan fingerprint density at radius 2 is 0.859 bits per heavy atom. The predicted molar refractivity (Wildman–Crippen MR) is 267 cm³/mol. The van der Waals surface area contributed by atoms with Gasteiger partial charge in [0.15, 0.2) is 0 Å². The van der Waals surface area contributed by atoms with Crippen LogP contribution in [0.25, 0.3) is 71.6 Å². The van der Waals surface area contributed by atoms with E-state index in [-0.39, 0.29) is 5.41 Å². The van der Waals surface area contributed by atoms with Gasteiger partial charge in [-0.3, -0.25) is 0 Å². The summed E-state index contributed by atoms with van der Waals surface area (Å²) >= 11 is 0. The van der Waals surface area contributed by atoms with Crippen LogP contribution in [0.1, 0.15) is 47.2 Å². The molecule has 0 aliphatic heterocycles. The minimum absolute atomic E-state index is 0.106. The van der Waals surface area contributed by atoms with Gasteiger partial charge in [0.2, 0.25) is 0 Å². The molecule has 2 nitrogen and oxygen atoms in total. The molecule has 3 aliphatic rings. The second-order valence-corrected chi connectivity index (χ2v) is 18.4. The molecule has 1 heterocycles. The molecule has 300 valence electrons. The van der Waals surface area contributed by atoms with E-state index in [1.807, 2.05) is 0 Å². The van der Waals surface area contributed by atoms with E-state index in [0.717, 1.165) is 17.1 Å². The summed E-state index contributed by atoms with van der Waals surface area (Å²) in [5, 5.41) is 5.31. The standard InChI is InChI=1S/C62H42N2/c1-61(2)50-23-12-9-20-45(50)48-33-32-43(38-55(48)61)64-56-27-15-26-53-59(56)60-57(64)37-35-49-44(39-28-30-42(31-29-39)63(40-16-5-3-6-17-40)41-18-7-4-8-19-41)34-36-54(58(49)60)62(53)51-24-13-10-21-46(51)47-22-11-14-25-52(47)62/h3-38H,1-2H3. The van der Waals surface area contributed by atoms with E-state index < -0.39 is 5.41 Å². The number of benzene rings is 10. The molecule has 2 heteroatoms. The van der Waals surface area contributed by atoms with Gasteiger partial charge in [0.05, 0.1) is 16.4 Å². The molecule has 0 unspecified atom stereocenters. The molecule has 0 saturated heterocycles. The van der Waals surface area contributed by atoms with Crippen molar-refractivity contribution in [3.05, 3.63) is 252 Å². The number of anilines is 3. The normalized spacial score (nSPS) is 14.3. The summed E-state index contributed by atoms with van der Waals surface area (Å²) < 4.78 is 2.56. The lowest BCUT2D eigenvalue weighted by molar-refractivity contribution is 0.660. The molecule has 0 fully saturated rings. The summed E-state index contributed by atoms with van der Waals surface area (Å²) in [6.45, 7) is 4.76. The molecule has 1 aromatic heterocycles. The van der Waals surface area contributed by atoms with E-state index in [0.29, 0.717) is 0 Å². The van der Waals surface area contributed by atoms with Gasteiger partial charge in [-0.2, -0.15) is 0 Å². The van der Waals surface area contributed by atoms with Crippen LogP contribution in [-0.4, -0.2) is 4.57 Å². The van der Waals surface area contributed by atoms with Crippen LogP contribution in [0.15, 0.2) is 218 Å². The number of aromatic nitrogens is 1. The Bertz CT molecular complexity index is 3660. The highest BCUT2D eigenvalue weighted by molar-refractivity contribution is 6.28. The molecule has 1 spiro atoms. The van der Waals surface area contributed by atoms with Gasteiger partial charge >= 0.3 is 0 Å². The molecular weight excluding hydrogens is 773 g/mol. The molecule has 0 bridgehead atoms. The van der Waals surface area contributed by atoms with Crippen molar-refractivity contribution in [2.24, 2.45) is 0 Å². The summed E-state index contributed by atoms with van der Waals surface area (Å²) in [7, 11) is 0. The first-order valence-electron chi connectivity index (χ1n) is 22.5. The first-order valence-corrected chi connectivity index (χ1v) is 22.5. The van der Waals surface area contributed by atoms with Crippen LogP contribution in [0.3, 0.4) is 0 Å². The first-order chi connectivity index (χ1) is 31.5. The summed E-state index contributed by atoms with van der Waals surface area (Å²) in [6.07, 6.45) is 0. The van der Waals surface area contributed by atoms with Gasteiger partial charge in [0.25, 0.3) is 0 Å². The number of rotatable bonds is 5. The molecule has 0 saturated carbocycles. The molecule has 0 atom stereocenters. The smallest absolute Gasteiger partial charge is 0.0726 e. The summed E-state index contributed by atoms with van der Waals surface area (Å²) in [5.41, 5.74) is 22.5. The van der Waals surface area contributed by atoms with Crippen molar-refractivity contribution >= 4 is 49.6 Å². The molecule has 0 N–H and O–H groups in total. The van der Waals surface area contributed by atoms with E-state index in [1.165, 1.54) is 105 Å². The summed E-state index contributed by atoms with van der Waals surface area (Å²) in [4.78, 5) is 2.33. The van der Waals surface area contributed by atoms with Crippen LogP contribution in [0.4, 0.5) is 17.1 Å². The highest BCUT2D eigenvalue weighted by atomic mass is 15.1. The Morgan fingerprint density at radius 1 is 0.344 bits per heavy atom. The summed E-state index contributed by atoms with van der Waals surface area (Å²) in [6, 6.07) is 81.7. The van der Waals surface area contributed by atoms with Crippen LogP contribution in [0.2, 0.25) is 0 Å². The zero-order valence-corrected chi connectivity index (χ0v) is 35.7. The van der Waals surface area contributed by atoms with Crippen LogP contribution in [-0.2, 0) is 10.8 Å². The van der Waals surface area contributed by atoms with Crippen molar-refractivity contribution in [3.8, 4) is 39.1 Å². The van der Waals surface area contributed by atoms with Gasteiger partial charge in [-0.15, -0.1) is 0 Å². The topological polar surface area (TPSA) is 8.17 Å². The van der Waals surface area contributed by atoms with Crippen LogP contribution in [0.5, 0.6) is 0 Å². The predicted octanol–water partition coefficient (Wildman–Crippen LogP) is 16.1. The van der Waals surface area contributed by atoms with E-state index in [4.69, 9.17) is 0 Å². The number of nitrogens with zero attached hydrogens (tertiary/aromatic N) is 2. The van der Waals surface area contributed by atoms with Gasteiger partial charge in [-0.05, 0) is 138 Å². The Labute approximate surface area is 372 Å². The van der Waals surface area contributed by atoms with E-state index >= 15 is 0 Å². The maximum atomic E-state index is 2.56. The third-order valence-corrected chi connectivity index (χ3v) is 15.0. The third-order valence-electron chi connectivity index (χ3n) is 15.0.